The van der Waals surface area contributed by atoms with E-state index in [0.29, 0.717) is 18.6 Å². The van der Waals surface area contributed by atoms with E-state index in [1.165, 1.54) is 24.1 Å². The second-order valence-corrected chi connectivity index (χ2v) is 8.25. The van der Waals surface area contributed by atoms with Crippen molar-refractivity contribution >= 4 is 0 Å². The number of aliphatic hydroxyl groups excluding tert-OH is 1. The Labute approximate surface area is 162 Å². The van der Waals surface area contributed by atoms with Gasteiger partial charge >= 0.3 is 0 Å². The maximum Gasteiger partial charge on any atom is 0.127 e. The number of nitrogens with zero attached hydrogens (tertiary/aromatic N) is 4. The minimum absolute atomic E-state index is 0.353. The zero-order chi connectivity index (χ0) is 18.6. The van der Waals surface area contributed by atoms with E-state index in [2.05, 4.69) is 56.7 Å². The van der Waals surface area contributed by atoms with Gasteiger partial charge in [-0.1, -0.05) is 12.1 Å². The molecule has 0 radical (unpaired) electrons. The van der Waals surface area contributed by atoms with Gasteiger partial charge in [-0.3, -0.25) is 9.80 Å². The van der Waals surface area contributed by atoms with Gasteiger partial charge in [-0.05, 0) is 75.9 Å². The van der Waals surface area contributed by atoms with E-state index in [9.17, 15) is 5.11 Å². The molecule has 2 aromatic rings. The fourth-order valence-corrected chi connectivity index (χ4v) is 4.64. The second-order valence-electron chi connectivity index (χ2n) is 8.25. The number of aliphatic hydroxyl groups is 1. The number of benzene rings is 1. The van der Waals surface area contributed by atoms with E-state index in [4.69, 9.17) is 0 Å². The van der Waals surface area contributed by atoms with Crippen LogP contribution in [0.2, 0.25) is 0 Å². The largest absolute Gasteiger partial charge is 0.396 e. The molecule has 0 amide bonds. The van der Waals surface area contributed by atoms with Crippen LogP contribution in [0.1, 0.15) is 37.1 Å². The fourth-order valence-electron chi connectivity index (χ4n) is 4.64. The van der Waals surface area contributed by atoms with Crippen LogP contribution in [-0.4, -0.2) is 63.3 Å². The van der Waals surface area contributed by atoms with Crippen LogP contribution in [0.15, 0.2) is 36.7 Å². The van der Waals surface area contributed by atoms with Crippen molar-refractivity contribution in [3.05, 3.63) is 48.0 Å². The molecule has 0 bridgehead atoms. The lowest BCUT2D eigenvalue weighted by Gasteiger charge is -2.42. The number of imidazole rings is 1. The maximum absolute atomic E-state index is 9.37. The Morgan fingerprint density at radius 2 is 2.00 bits per heavy atom. The molecule has 1 aromatic heterocycles. The lowest BCUT2D eigenvalue weighted by molar-refractivity contribution is 0.0535. The highest BCUT2D eigenvalue weighted by Crippen LogP contribution is 2.24. The molecule has 27 heavy (non-hydrogen) atoms. The standard InChI is InChI=1S/C22H32N4O/c1-18-4-2-5-20(14-18)26-13-9-23-22(26)16-24-10-3-6-21(15-24)25-11-7-19(17-27)8-12-25/h2,4-5,9,13-14,19,21,27H,3,6-8,10-12,15-17H2,1H3. The molecule has 5 heteroatoms. The Balaban J connectivity index is 1.40. The predicted octanol–water partition coefficient (Wildman–Crippen LogP) is 2.85. The van der Waals surface area contributed by atoms with Crippen LogP contribution in [0.25, 0.3) is 5.69 Å². The zero-order valence-electron chi connectivity index (χ0n) is 16.4. The van der Waals surface area contributed by atoms with Gasteiger partial charge in [0.2, 0.25) is 0 Å². The SMILES string of the molecule is Cc1cccc(-n2ccnc2CN2CCCC(N3CCC(CO)CC3)C2)c1. The third-order valence-corrected chi connectivity index (χ3v) is 6.27. The molecular formula is C22H32N4O. The zero-order valence-corrected chi connectivity index (χ0v) is 16.4. The topological polar surface area (TPSA) is 44.5 Å². The van der Waals surface area contributed by atoms with E-state index in [1.807, 2.05) is 6.20 Å². The molecule has 0 aliphatic carbocycles. The number of piperidine rings is 2. The van der Waals surface area contributed by atoms with Crippen LogP contribution in [0, 0.1) is 12.8 Å². The molecule has 1 unspecified atom stereocenters. The van der Waals surface area contributed by atoms with E-state index in [1.54, 1.807) is 0 Å². The Morgan fingerprint density at radius 3 is 2.78 bits per heavy atom. The Hall–Kier alpha value is -1.69. The van der Waals surface area contributed by atoms with Gasteiger partial charge in [0.1, 0.15) is 5.82 Å². The molecule has 0 spiro atoms. The average Bonchev–Trinajstić information content (AvgIpc) is 3.16. The highest BCUT2D eigenvalue weighted by molar-refractivity contribution is 5.36. The van der Waals surface area contributed by atoms with Crippen molar-refractivity contribution in [1.29, 1.82) is 0 Å². The predicted molar refractivity (Wildman–Crippen MR) is 108 cm³/mol. The fraction of sp³-hybridized carbons (Fsp3) is 0.591. The molecule has 1 N–H and O–H groups in total. The molecular weight excluding hydrogens is 336 g/mol. The number of rotatable bonds is 5. The lowest BCUT2D eigenvalue weighted by Crippen LogP contribution is -2.50. The third kappa shape index (κ3) is 4.42. The van der Waals surface area contributed by atoms with Crippen molar-refractivity contribution < 1.29 is 5.11 Å². The second kappa shape index (κ2) is 8.55. The summed E-state index contributed by atoms with van der Waals surface area (Å²) in [7, 11) is 0. The Morgan fingerprint density at radius 1 is 1.15 bits per heavy atom. The molecule has 2 aliphatic rings. The number of aromatic nitrogens is 2. The third-order valence-electron chi connectivity index (χ3n) is 6.27. The molecule has 1 aromatic carbocycles. The van der Waals surface area contributed by atoms with Gasteiger partial charge in [0.25, 0.3) is 0 Å². The summed E-state index contributed by atoms with van der Waals surface area (Å²) in [6, 6.07) is 9.27. The first-order valence-corrected chi connectivity index (χ1v) is 10.4. The van der Waals surface area contributed by atoms with Gasteiger partial charge in [-0.15, -0.1) is 0 Å². The monoisotopic (exact) mass is 368 g/mol. The molecule has 1 atom stereocenters. The van der Waals surface area contributed by atoms with Gasteiger partial charge in [0, 0.05) is 37.3 Å². The molecule has 146 valence electrons. The first-order chi connectivity index (χ1) is 13.2. The minimum Gasteiger partial charge on any atom is -0.396 e. The lowest BCUT2D eigenvalue weighted by atomic mass is 9.94. The highest BCUT2D eigenvalue weighted by Gasteiger charge is 2.29. The summed E-state index contributed by atoms with van der Waals surface area (Å²) in [4.78, 5) is 9.88. The Bertz CT molecular complexity index is 735. The molecule has 2 aliphatic heterocycles. The summed E-state index contributed by atoms with van der Waals surface area (Å²) in [5.41, 5.74) is 2.47. The van der Waals surface area contributed by atoms with E-state index in [0.717, 1.165) is 51.4 Å². The van der Waals surface area contributed by atoms with Gasteiger partial charge in [0.05, 0.1) is 6.54 Å². The van der Waals surface area contributed by atoms with Crippen molar-refractivity contribution in [3.63, 3.8) is 0 Å². The molecule has 2 fully saturated rings. The smallest absolute Gasteiger partial charge is 0.127 e. The Kier molecular flexibility index (Phi) is 5.91. The average molecular weight is 369 g/mol. The summed E-state index contributed by atoms with van der Waals surface area (Å²) >= 11 is 0. The number of aryl methyl sites for hydroxylation is 1. The van der Waals surface area contributed by atoms with E-state index < -0.39 is 0 Å². The van der Waals surface area contributed by atoms with Crippen molar-refractivity contribution in [2.75, 3.05) is 32.8 Å². The number of likely N-dealkylation sites (tertiary alicyclic amines) is 2. The molecule has 2 saturated heterocycles. The normalized spacial score (nSPS) is 23.0. The van der Waals surface area contributed by atoms with Crippen LogP contribution in [0.5, 0.6) is 0 Å². The summed E-state index contributed by atoms with van der Waals surface area (Å²) in [5, 5.41) is 9.37. The quantitative estimate of drug-likeness (QED) is 0.881. The van der Waals surface area contributed by atoms with Crippen molar-refractivity contribution in [1.82, 2.24) is 19.4 Å². The van der Waals surface area contributed by atoms with E-state index >= 15 is 0 Å². The summed E-state index contributed by atoms with van der Waals surface area (Å²) in [6.07, 6.45) is 8.84. The molecule has 0 saturated carbocycles. The first-order valence-electron chi connectivity index (χ1n) is 10.4. The van der Waals surface area contributed by atoms with Crippen molar-refractivity contribution in [2.24, 2.45) is 5.92 Å². The summed E-state index contributed by atoms with van der Waals surface area (Å²) in [5.74, 6) is 1.64. The van der Waals surface area contributed by atoms with Crippen LogP contribution in [0.4, 0.5) is 0 Å². The summed E-state index contributed by atoms with van der Waals surface area (Å²) in [6.45, 7) is 7.96. The van der Waals surface area contributed by atoms with Gasteiger partial charge in [-0.25, -0.2) is 4.98 Å². The highest BCUT2D eigenvalue weighted by atomic mass is 16.3. The van der Waals surface area contributed by atoms with Gasteiger partial charge in [0.15, 0.2) is 0 Å². The first kappa shape index (κ1) is 18.7. The molecule has 4 rings (SSSR count). The van der Waals surface area contributed by atoms with Gasteiger partial charge < -0.3 is 9.67 Å². The number of hydrogen-bond acceptors (Lipinski definition) is 4. The maximum atomic E-state index is 9.37. The van der Waals surface area contributed by atoms with Crippen LogP contribution in [0.3, 0.4) is 0 Å². The minimum atomic E-state index is 0.353. The number of hydrogen-bond donors (Lipinski definition) is 1. The van der Waals surface area contributed by atoms with Crippen LogP contribution < -0.4 is 0 Å². The van der Waals surface area contributed by atoms with Gasteiger partial charge in [-0.2, -0.15) is 0 Å². The van der Waals surface area contributed by atoms with Crippen molar-refractivity contribution in [2.45, 2.75) is 45.2 Å². The molecule has 3 heterocycles. The van der Waals surface area contributed by atoms with E-state index in [-0.39, 0.29) is 0 Å². The van der Waals surface area contributed by atoms with Crippen LogP contribution in [-0.2, 0) is 6.54 Å². The van der Waals surface area contributed by atoms with Crippen molar-refractivity contribution in [3.8, 4) is 5.69 Å². The molecule has 5 nitrogen and oxygen atoms in total. The van der Waals surface area contributed by atoms with Crippen LogP contribution >= 0.6 is 0 Å². The summed E-state index contributed by atoms with van der Waals surface area (Å²) < 4.78 is 2.23.